The first-order valence-electron chi connectivity index (χ1n) is 16.9. The average Bonchev–Trinajstić information content (AvgIpc) is 3.71. The Morgan fingerprint density at radius 2 is 1.74 bits per heavy atom. The maximum atomic E-state index is 13.1. The minimum Gasteiger partial charge on any atom is -0.508 e. The molecule has 0 aliphatic heterocycles. The number of esters is 2. The number of aromatic hydroxyl groups is 1. The molecule has 0 bridgehead atoms. The Labute approximate surface area is 301 Å². The normalized spacial score (nSPS) is 12.8. The molecule has 0 saturated carbocycles. The average molecular weight is 718 g/mol. The molecule has 0 atom stereocenters. The summed E-state index contributed by atoms with van der Waals surface area (Å²) in [5.74, 6) is 0.911. The number of carbonyl (C=O) groups is 2. The fourth-order valence-electron chi connectivity index (χ4n) is 7.31. The first kappa shape index (κ1) is 35.6. The van der Waals surface area contributed by atoms with Crippen molar-refractivity contribution in [2.45, 2.75) is 76.8 Å². The van der Waals surface area contributed by atoms with Crippen molar-refractivity contribution < 1.29 is 24.2 Å². The molecule has 0 radical (unpaired) electrons. The van der Waals surface area contributed by atoms with Crippen molar-refractivity contribution in [3.05, 3.63) is 86.1 Å². The predicted octanol–water partition coefficient (Wildman–Crippen LogP) is 7.20. The Morgan fingerprint density at radius 1 is 0.960 bits per heavy atom. The molecule has 5 aromatic rings. The van der Waals surface area contributed by atoms with Crippen molar-refractivity contribution in [1.82, 2.24) is 24.1 Å². The fraction of sp³-hybridized carbons (Fsp3) is 0.421. The first-order chi connectivity index (χ1) is 24.0. The summed E-state index contributed by atoms with van der Waals surface area (Å²) in [7, 11) is 6.60. The molecule has 0 saturated heterocycles. The summed E-state index contributed by atoms with van der Waals surface area (Å²) < 4.78 is 15.7. The van der Waals surface area contributed by atoms with E-state index in [0.29, 0.717) is 28.0 Å². The van der Waals surface area contributed by atoms with Crippen LogP contribution >= 0.6 is 23.4 Å². The Morgan fingerprint density at radius 3 is 2.50 bits per heavy atom. The molecule has 264 valence electrons. The smallest absolute Gasteiger partial charge is 0.354 e. The monoisotopic (exact) mass is 717 g/mol. The second-order valence-electron chi connectivity index (χ2n) is 13.0. The van der Waals surface area contributed by atoms with Crippen LogP contribution in [0.4, 0.5) is 0 Å². The third-order valence-corrected chi connectivity index (χ3v) is 11.2. The zero-order valence-electron chi connectivity index (χ0n) is 29.6. The van der Waals surface area contributed by atoms with Gasteiger partial charge in [-0.1, -0.05) is 17.7 Å². The molecule has 6 rings (SSSR count). The molecule has 10 nitrogen and oxygen atoms in total. The predicted molar refractivity (Wildman–Crippen MR) is 197 cm³/mol. The summed E-state index contributed by atoms with van der Waals surface area (Å²) in [4.78, 5) is 25.1. The van der Waals surface area contributed by atoms with E-state index in [4.69, 9.17) is 31.3 Å². The topological polar surface area (TPSA) is 113 Å². The largest absolute Gasteiger partial charge is 0.508 e. The number of benzene rings is 2. The Kier molecular flexibility index (Phi) is 10.6. The standard InChI is InChI=1S/C38H44ClN5O5S/c1-22-34-31(44(16-15-33(46)48-5)37(22)38(47)49-6)14-13-29(39)36(34)35-23(2)42(3)41-30(35)21-50-20-26-19-27(43(4)40-26)12-11-24-17-25-9-7-8-10-28(25)32(45)18-24/h13-14,17-19,45H,7-12,15-16,20-21H2,1-6H3. The van der Waals surface area contributed by atoms with Crippen LogP contribution in [0.5, 0.6) is 5.75 Å². The second kappa shape index (κ2) is 14.9. The maximum Gasteiger partial charge on any atom is 0.354 e. The maximum absolute atomic E-state index is 13.1. The molecule has 2 aromatic carbocycles. The van der Waals surface area contributed by atoms with Crippen molar-refractivity contribution in [1.29, 1.82) is 0 Å². The molecule has 1 aliphatic carbocycles. The Balaban J connectivity index is 1.24. The van der Waals surface area contributed by atoms with Gasteiger partial charge >= 0.3 is 11.9 Å². The molecule has 12 heteroatoms. The van der Waals surface area contributed by atoms with Gasteiger partial charge in [-0.05, 0) is 98.9 Å². The fourth-order valence-corrected chi connectivity index (χ4v) is 8.41. The zero-order valence-corrected chi connectivity index (χ0v) is 31.1. The minimum absolute atomic E-state index is 0.0995. The quantitative estimate of drug-likeness (QED) is 0.135. The van der Waals surface area contributed by atoms with Crippen LogP contribution in [0.3, 0.4) is 0 Å². The van der Waals surface area contributed by atoms with Crippen LogP contribution in [0.1, 0.15) is 74.8 Å². The zero-order chi connectivity index (χ0) is 35.7. The number of fused-ring (bicyclic) bond motifs is 2. The minimum atomic E-state index is -0.486. The van der Waals surface area contributed by atoms with Gasteiger partial charge in [0.05, 0.1) is 32.0 Å². The van der Waals surface area contributed by atoms with Gasteiger partial charge in [0.15, 0.2) is 0 Å². The van der Waals surface area contributed by atoms with Crippen molar-refractivity contribution >= 4 is 46.2 Å². The lowest BCUT2D eigenvalue weighted by atomic mass is 9.89. The number of methoxy groups -OCH3 is 2. The number of nitrogens with zero attached hydrogens (tertiary/aromatic N) is 5. The van der Waals surface area contributed by atoms with Crippen molar-refractivity contribution in [3.8, 4) is 16.9 Å². The highest BCUT2D eigenvalue weighted by atomic mass is 35.5. The summed E-state index contributed by atoms with van der Waals surface area (Å²) in [6, 6.07) is 10.1. The molecule has 3 heterocycles. The number of carbonyl (C=O) groups excluding carboxylic acids is 2. The van der Waals surface area contributed by atoms with E-state index in [1.807, 2.05) is 60.1 Å². The van der Waals surface area contributed by atoms with E-state index in [1.54, 1.807) is 11.8 Å². The summed E-state index contributed by atoms with van der Waals surface area (Å²) in [6.45, 7) is 4.15. The third-order valence-electron chi connectivity index (χ3n) is 9.91. The highest BCUT2D eigenvalue weighted by Crippen LogP contribution is 2.43. The van der Waals surface area contributed by atoms with Crippen molar-refractivity contribution in [3.63, 3.8) is 0 Å². The number of phenols is 1. The van der Waals surface area contributed by atoms with E-state index in [2.05, 4.69) is 12.1 Å². The van der Waals surface area contributed by atoms with Crippen LogP contribution in [0.25, 0.3) is 22.0 Å². The van der Waals surface area contributed by atoms with Gasteiger partial charge in [0, 0.05) is 70.6 Å². The Hall–Kier alpha value is -4.22. The van der Waals surface area contributed by atoms with Crippen LogP contribution in [-0.2, 0) is 72.1 Å². The SMILES string of the molecule is COC(=O)CCn1c(C(=O)OC)c(C)c2c(-c3c(CSCc4cc(CCc5cc(O)c6c(c5)CCCC6)n(C)n4)nn(C)c3C)c(Cl)ccc21. The van der Waals surface area contributed by atoms with Crippen molar-refractivity contribution in [2.24, 2.45) is 14.1 Å². The van der Waals surface area contributed by atoms with Gasteiger partial charge in [-0.25, -0.2) is 4.79 Å². The second-order valence-corrected chi connectivity index (χ2v) is 14.4. The number of hydrogen-bond acceptors (Lipinski definition) is 8. The van der Waals surface area contributed by atoms with E-state index in [0.717, 1.165) is 88.0 Å². The number of hydrogen-bond donors (Lipinski definition) is 1. The third kappa shape index (κ3) is 6.90. The molecule has 1 N–H and O–H groups in total. The highest BCUT2D eigenvalue weighted by Gasteiger charge is 2.28. The molecule has 0 unspecified atom stereocenters. The van der Waals surface area contributed by atoms with Gasteiger partial charge in [0.2, 0.25) is 0 Å². The number of aromatic nitrogens is 5. The van der Waals surface area contributed by atoms with Crippen LogP contribution in [0.15, 0.2) is 30.3 Å². The van der Waals surface area contributed by atoms with E-state index < -0.39 is 5.97 Å². The summed E-state index contributed by atoms with van der Waals surface area (Å²) >= 11 is 8.72. The van der Waals surface area contributed by atoms with Crippen molar-refractivity contribution in [2.75, 3.05) is 14.2 Å². The number of rotatable bonds is 12. The van der Waals surface area contributed by atoms with E-state index in [1.165, 1.54) is 31.8 Å². The molecule has 3 aromatic heterocycles. The molecule has 1 aliphatic rings. The number of thioether (sulfide) groups is 1. The van der Waals surface area contributed by atoms with Gasteiger partial charge in [-0.2, -0.15) is 10.2 Å². The molecule has 0 amide bonds. The molecular formula is C38H44ClN5O5S. The lowest BCUT2D eigenvalue weighted by molar-refractivity contribution is -0.140. The van der Waals surface area contributed by atoms with Crippen LogP contribution in [0.2, 0.25) is 5.02 Å². The lowest BCUT2D eigenvalue weighted by Crippen LogP contribution is -2.14. The number of aryl methyl sites for hydroxylation is 7. The number of halogens is 1. The van der Waals surface area contributed by atoms with Crippen LogP contribution < -0.4 is 0 Å². The van der Waals surface area contributed by atoms with Gasteiger partial charge in [0.25, 0.3) is 0 Å². The molecule has 0 spiro atoms. The summed E-state index contributed by atoms with van der Waals surface area (Å²) in [5, 5.41) is 21.7. The highest BCUT2D eigenvalue weighted by molar-refractivity contribution is 7.97. The van der Waals surface area contributed by atoms with Crippen LogP contribution in [0, 0.1) is 13.8 Å². The Bertz CT molecular complexity index is 2090. The lowest BCUT2D eigenvalue weighted by Gasteiger charge is -2.18. The van der Waals surface area contributed by atoms with E-state index in [-0.39, 0.29) is 18.9 Å². The van der Waals surface area contributed by atoms with Gasteiger partial charge in [-0.15, -0.1) is 11.8 Å². The molecule has 50 heavy (non-hydrogen) atoms. The molecule has 0 fully saturated rings. The number of ether oxygens (including phenoxy) is 2. The first-order valence-corrected chi connectivity index (χ1v) is 18.5. The number of phenolic OH excluding ortho intramolecular Hbond substituents is 1. The van der Waals surface area contributed by atoms with Gasteiger partial charge < -0.3 is 19.1 Å². The van der Waals surface area contributed by atoms with Gasteiger partial charge in [-0.3, -0.25) is 14.2 Å². The van der Waals surface area contributed by atoms with E-state index >= 15 is 0 Å². The molecular weight excluding hydrogens is 674 g/mol. The van der Waals surface area contributed by atoms with E-state index in [9.17, 15) is 14.7 Å². The van der Waals surface area contributed by atoms with Gasteiger partial charge in [0.1, 0.15) is 11.4 Å². The summed E-state index contributed by atoms with van der Waals surface area (Å²) in [5.41, 5.74) is 11.2. The summed E-state index contributed by atoms with van der Waals surface area (Å²) in [6.07, 6.45) is 6.12. The van der Waals surface area contributed by atoms with Crippen LogP contribution in [-0.4, -0.2) is 55.4 Å².